The third-order valence-corrected chi connectivity index (χ3v) is 4.32. The van der Waals surface area contributed by atoms with Gasteiger partial charge in [0, 0.05) is 26.8 Å². The lowest BCUT2D eigenvalue weighted by Crippen LogP contribution is -2.42. The van der Waals surface area contributed by atoms with E-state index in [4.69, 9.17) is 0 Å². The van der Waals surface area contributed by atoms with Gasteiger partial charge >= 0.3 is 0 Å². The molecule has 2 aromatic rings. The third-order valence-electron chi connectivity index (χ3n) is 3.87. The van der Waals surface area contributed by atoms with E-state index in [1.807, 2.05) is 20.8 Å². The molecular formula is C19H20BrFN2O2. The molecule has 0 heterocycles. The SMILES string of the molecule is CCC(C)(C)NC(=O)c1ccc(NC(=O)c2cc(F)cc(Br)c2)cc1. The summed E-state index contributed by atoms with van der Waals surface area (Å²) in [5.41, 5.74) is 0.956. The van der Waals surface area contributed by atoms with Crippen LogP contribution in [0.2, 0.25) is 0 Å². The molecule has 0 aliphatic carbocycles. The zero-order chi connectivity index (χ0) is 18.6. The van der Waals surface area contributed by atoms with Gasteiger partial charge in [-0.25, -0.2) is 4.39 Å². The highest BCUT2D eigenvalue weighted by Gasteiger charge is 2.18. The van der Waals surface area contributed by atoms with E-state index in [0.717, 1.165) is 12.5 Å². The molecule has 0 unspecified atom stereocenters. The van der Waals surface area contributed by atoms with Gasteiger partial charge in [-0.05, 0) is 62.7 Å². The molecule has 6 heteroatoms. The van der Waals surface area contributed by atoms with Crippen molar-refractivity contribution < 1.29 is 14.0 Å². The van der Waals surface area contributed by atoms with Gasteiger partial charge < -0.3 is 10.6 Å². The summed E-state index contributed by atoms with van der Waals surface area (Å²) in [6, 6.07) is 10.5. The minimum atomic E-state index is -0.495. The molecule has 2 aromatic carbocycles. The van der Waals surface area contributed by atoms with Crippen LogP contribution < -0.4 is 10.6 Å². The summed E-state index contributed by atoms with van der Waals surface area (Å²) in [6.07, 6.45) is 0.816. The fourth-order valence-electron chi connectivity index (χ4n) is 2.06. The Balaban J connectivity index is 2.07. The van der Waals surface area contributed by atoms with Crippen LogP contribution in [-0.4, -0.2) is 17.4 Å². The summed E-state index contributed by atoms with van der Waals surface area (Å²) >= 11 is 3.16. The fraction of sp³-hybridized carbons (Fsp3) is 0.263. The second kappa shape index (κ2) is 7.78. The van der Waals surface area contributed by atoms with E-state index in [1.54, 1.807) is 24.3 Å². The summed E-state index contributed by atoms with van der Waals surface area (Å²) in [5.74, 6) is -1.09. The molecule has 0 aliphatic rings. The summed E-state index contributed by atoms with van der Waals surface area (Å²) in [6.45, 7) is 5.91. The van der Waals surface area contributed by atoms with Gasteiger partial charge in [-0.3, -0.25) is 9.59 Å². The van der Waals surface area contributed by atoms with E-state index >= 15 is 0 Å². The highest BCUT2D eigenvalue weighted by Crippen LogP contribution is 2.17. The molecule has 0 atom stereocenters. The Morgan fingerprint density at radius 2 is 1.68 bits per heavy atom. The van der Waals surface area contributed by atoms with Crippen LogP contribution in [0.3, 0.4) is 0 Å². The van der Waals surface area contributed by atoms with Gasteiger partial charge in [0.2, 0.25) is 0 Å². The summed E-state index contributed by atoms with van der Waals surface area (Å²) < 4.78 is 13.9. The van der Waals surface area contributed by atoms with E-state index in [1.165, 1.54) is 12.1 Å². The summed E-state index contributed by atoms with van der Waals surface area (Å²) in [7, 11) is 0. The number of carbonyl (C=O) groups is 2. The van der Waals surface area contributed by atoms with Crippen molar-refractivity contribution in [3.05, 3.63) is 63.9 Å². The predicted octanol–water partition coefficient (Wildman–Crippen LogP) is 4.76. The molecule has 2 amide bonds. The molecule has 0 bridgehead atoms. The first-order chi connectivity index (χ1) is 11.7. The van der Waals surface area contributed by atoms with Crippen LogP contribution in [0.15, 0.2) is 46.9 Å². The number of hydrogen-bond acceptors (Lipinski definition) is 2. The van der Waals surface area contributed by atoms with E-state index in [0.29, 0.717) is 15.7 Å². The molecule has 0 saturated heterocycles. The molecule has 0 aromatic heterocycles. The van der Waals surface area contributed by atoms with Gasteiger partial charge in [-0.1, -0.05) is 22.9 Å². The second-order valence-electron chi connectivity index (χ2n) is 6.38. The first-order valence-corrected chi connectivity index (χ1v) is 8.69. The maximum Gasteiger partial charge on any atom is 0.255 e. The standard InChI is InChI=1S/C19H20BrFN2O2/c1-4-19(2,3)23-18(25)12-5-7-16(8-6-12)22-17(24)13-9-14(20)11-15(21)10-13/h5-11H,4H2,1-3H3,(H,22,24)(H,23,25). The molecule has 0 saturated carbocycles. The first kappa shape index (κ1) is 19.1. The number of halogens is 2. The number of carbonyl (C=O) groups excluding carboxylic acids is 2. The Kier molecular flexibility index (Phi) is 5.95. The smallest absolute Gasteiger partial charge is 0.255 e. The van der Waals surface area contributed by atoms with Gasteiger partial charge in [0.15, 0.2) is 0 Å². The van der Waals surface area contributed by atoms with Gasteiger partial charge in [-0.2, -0.15) is 0 Å². The normalized spacial score (nSPS) is 11.1. The number of anilines is 1. The van der Waals surface area contributed by atoms with Crippen molar-refractivity contribution in [3.8, 4) is 0 Å². The Hall–Kier alpha value is -2.21. The molecule has 25 heavy (non-hydrogen) atoms. The van der Waals surface area contributed by atoms with Crippen molar-refractivity contribution in [1.82, 2.24) is 5.32 Å². The zero-order valence-corrected chi connectivity index (χ0v) is 15.9. The topological polar surface area (TPSA) is 58.2 Å². The van der Waals surface area contributed by atoms with E-state index in [2.05, 4.69) is 26.6 Å². The van der Waals surface area contributed by atoms with Crippen molar-refractivity contribution in [2.24, 2.45) is 0 Å². The number of amides is 2. The maximum absolute atomic E-state index is 13.4. The molecule has 4 nitrogen and oxygen atoms in total. The summed E-state index contributed by atoms with van der Waals surface area (Å²) in [4.78, 5) is 24.4. The zero-order valence-electron chi connectivity index (χ0n) is 14.3. The minimum Gasteiger partial charge on any atom is -0.347 e. The number of benzene rings is 2. The molecule has 132 valence electrons. The highest BCUT2D eigenvalue weighted by atomic mass is 79.9. The van der Waals surface area contributed by atoms with Gasteiger partial charge in [0.1, 0.15) is 5.82 Å². The first-order valence-electron chi connectivity index (χ1n) is 7.90. The predicted molar refractivity (Wildman–Crippen MR) is 100 cm³/mol. The van der Waals surface area contributed by atoms with Gasteiger partial charge in [0.25, 0.3) is 11.8 Å². The van der Waals surface area contributed by atoms with Crippen LogP contribution in [0.4, 0.5) is 10.1 Å². The molecule has 0 radical (unpaired) electrons. The molecule has 0 fully saturated rings. The van der Waals surface area contributed by atoms with Crippen LogP contribution in [0.1, 0.15) is 47.9 Å². The van der Waals surface area contributed by atoms with Crippen molar-refractivity contribution >= 4 is 33.4 Å². The van der Waals surface area contributed by atoms with Gasteiger partial charge in [-0.15, -0.1) is 0 Å². The van der Waals surface area contributed by atoms with Crippen LogP contribution in [0.25, 0.3) is 0 Å². The van der Waals surface area contributed by atoms with Crippen molar-refractivity contribution in [3.63, 3.8) is 0 Å². The molecular weight excluding hydrogens is 387 g/mol. The highest BCUT2D eigenvalue weighted by molar-refractivity contribution is 9.10. The van der Waals surface area contributed by atoms with Crippen LogP contribution in [0, 0.1) is 5.82 Å². The van der Waals surface area contributed by atoms with E-state index in [-0.39, 0.29) is 17.0 Å². The Morgan fingerprint density at radius 1 is 1.04 bits per heavy atom. The van der Waals surface area contributed by atoms with Crippen LogP contribution >= 0.6 is 15.9 Å². The number of nitrogens with one attached hydrogen (secondary N) is 2. The van der Waals surface area contributed by atoms with E-state index in [9.17, 15) is 14.0 Å². The lowest BCUT2D eigenvalue weighted by atomic mass is 10.0. The van der Waals surface area contributed by atoms with Crippen LogP contribution in [0.5, 0.6) is 0 Å². The summed E-state index contributed by atoms with van der Waals surface area (Å²) in [5, 5.41) is 5.63. The van der Waals surface area contributed by atoms with Crippen molar-refractivity contribution in [2.75, 3.05) is 5.32 Å². The molecule has 2 N–H and O–H groups in total. The average molecular weight is 407 g/mol. The second-order valence-corrected chi connectivity index (χ2v) is 7.30. The molecule has 0 aliphatic heterocycles. The lowest BCUT2D eigenvalue weighted by Gasteiger charge is -2.24. The Bertz CT molecular complexity index is 768. The lowest BCUT2D eigenvalue weighted by molar-refractivity contribution is 0.0911. The van der Waals surface area contributed by atoms with Crippen LogP contribution in [-0.2, 0) is 0 Å². The minimum absolute atomic E-state index is 0.168. The molecule has 0 spiro atoms. The fourth-order valence-corrected chi connectivity index (χ4v) is 2.53. The number of rotatable bonds is 5. The average Bonchev–Trinajstić information content (AvgIpc) is 2.54. The largest absolute Gasteiger partial charge is 0.347 e. The quantitative estimate of drug-likeness (QED) is 0.751. The maximum atomic E-state index is 13.4. The number of hydrogen-bond donors (Lipinski definition) is 2. The third kappa shape index (κ3) is 5.39. The Labute approximate surface area is 154 Å². The van der Waals surface area contributed by atoms with E-state index < -0.39 is 11.7 Å². The van der Waals surface area contributed by atoms with Crippen molar-refractivity contribution in [2.45, 2.75) is 32.7 Å². The van der Waals surface area contributed by atoms with Gasteiger partial charge in [0.05, 0.1) is 0 Å². The monoisotopic (exact) mass is 406 g/mol. The van der Waals surface area contributed by atoms with Crippen molar-refractivity contribution in [1.29, 1.82) is 0 Å². The Morgan fingerprint density at radius 3 is 2.24 bits per heavy atom. The molecule has 2 rings (SSSR count).